The Bertz CT molecular complexity index is 1040. The molecule has 2 aromatic rings. The highest BCUT2D eigenvalue weighted by atomic mass is 16.5. The van der Waals surface area contributed by atoms with E-state index in [2.05, 4.69) is 35.0 Å². The first-order valence-electron chi connectivity index (χ1n) is 12.0. The normalized spacial score (nSPS) is 27.3. The van der Waals surface area contributed by atoms with E-state index in [0.29, 0.717) is 0 Å². The summed E-state index contributed by atoms with van der Waals surface area (Å²) in [6, 6.07) is 10.3. The number of carbonyl (C=O) groups is 1. The molecule has 4 rings (SSSR count). The van der Waals surface area contributed by atoms with Crippen molar-refractivity contribution >= 4 is 12.0 Å². The van der Waals surface area contributed by atoms with Crippen molar-refractivity contribution in [3.8, 4) is 5.75 Å². The summed E-state index contributed by atoms with van der Waals surface area (Å²) in [6.07, 6.45) is 10.5. The monoisotopic (exact) mass is 464 g/mol. The van der Waals surface area contributed by atoms with E-state index in [9.17, 15) is 4.79 Å². The third kappa shape index (κ3) is 4.57. The number of furan rings is 1. The van der Waals surface area contributed by atoms with Gasteiger partial charge < -0.3 is 19.2 Å². The third-order valence-corrected chi connectivity index (χ3v) is 7.76. The number of ether oxygens (including phenoxy) is 2. The molecule has 34 heavy (non-hydrogen) atoms. The fraction of sp³-hybridized carbons (Fsp3) is 0.464. The van der Waals surface area contributed by atoms with E-state index in [-0.39, 0.29) is 23.0 Å². The predicted molar refractivity (Wildman–Crippen MR) is 134 cm³/mol. The number of carbonyl (C=O) groups excluding carboxylic acids is 1. The summed E-state index contributed by atoms with van der Waals surface area (Å²) in [7, 11) is 3.53. The Morgan fingerprint density at radius 3 is 2.88 bits per heavy atom. The smallest absolute Gasteiger partial charge is 0.244 e. The van der Waals surface area contributed by atoms with E-state index in [1.807, 2.05) is 38.3 Å². The fourth-order valence-corrected chi connectivity index (χ4v) is 5.96. The maximum Gasteiger partial charge on any atom is 0.244 e. The van der Waals surface area contributed by atoms with Crippen molar-refractivity contribution in [3.05, 3.63) is 72.2 Å². The van der Waals surface area contributed by atoms with Gasteiger partial charge in [-0.15, -0.1) is 6.58 Å². The molecule has 2 fully saturated rings. The Balaban J connectivity index is 1.61. The standard InChI is InChI=1S/C28H36N2O4/c1-5-15-30-16-14-27(23-7-6-8-25(18-23)32-3)19-24(11-13-28(27,20-30)33-4)29-26(31)10-9-22-12-17-34-21(22)2/h5-10,12,17-18,24H,1,11,13-16,19-20H2,2-4H3,(H,29,31)/t24-,27+,28+/m1/s1. The molecule has 1 aliphatic carbocycles. The van der Waals surface area contributed by atoms with Gasteiger partial charge in [0.2, 0.25) is 5.91 Å². The zero-order valence-corrected chi connectivity index (χ0v) is 20.5. The van der Waals surface area contributed by atoms with E-state index in [1.54, 1.807) is 19.4 Å². The number of amides is 1. The molecule has 1 saturated heterocycles. The molecular formula is C28H36N2O4. The third-order valence-electron chi connectivity index (χ3n) is 7.76. The topological polar surface area (TPSA) is 63.9 Å². The minimum atomic E-state index is -0.342. The molecule has 1 aromatic carbocycles. The molecule has 0 bridgehead atoms. The molecule has 2 heterocycles. The molecule has 1 saturated carbocycles. The van der Waals surface area contributed by atoms with Gasteiger partial charge in [-0.3, -0.25) is 9.69 Å². The number of methoxy groups -OCH3 is 2. The Kier molecular flexibility index (Phi) is 7.29. The first-order valence-corrected chi connectivity index (χ1v) is 12.0. The van der Waals surface area contributed by atoms with Crippen LogP contribution in [-0.4, -0.2) is 56.3 Å². The second-order valence-corrected chi connectivity index (χ2v) is 9.50. The molecule has 0 unspecified atom stereocenters. The number of hydrogen-bond acceptors (Lipinski definition) is 5. The number of fused-ring (bicyclic) bond motifs is 1. The lowest BCUT2D eigenvalue weighted by molar-refractivity contribution is -0.148. The number of benzene rings is 1. The maximum absolute atomic E-state index is 12.8. The number of nitrogens with zero attached hydrogens (tertiary/aromatic N) is 1. The largest absolute Gasteiger partial charge is 0.497 e. The Labute approximate surface area is 202 Å². The molecule has 0 spiro atoms. The van der Waals surface area contributed by atoms with E-state index in [4.69, 9.17) is 13.9 Å². The van der Waals surface area contributed by atoms with Gasteiger partial charge in [-0.2, -0.15) is 0 Å². The number of hydrogen-bond donors (Lipinski definition) is 1. The summed E-state index contributed by atoms with van der Waals surface area (Å²) in [5.41, 5.74) is 1.57. The van der Waals surface area contributed by atoms with Gasteiger partial charge in [0.15, 0.2) is 0 Å². The molecule has 2 aliphatic rings. The van der Waals surface area contributed by atoms with Gasteiger partial charge in [0.05, 0.1) is 19.0 Å². The van der Waals surface area contributed by atoms with Crippen molar-refractivity contribution in [3.63, 3.8) is 0 Å². The lowest BCUT2D eigenvalue weighted by Gasteiger charge is -2.59. The molecule has 3 atom stereocenters. The van der Waals surface area contributed by atoms with Gasteiger partial charge in [0, 0.05) is 43.3 Å². The summed E-state index contributed by atoms with van der Waals surface area (Å²) in [5, 5.41) is 3.26. The number of likely N-dealkylation sites (tertiary alicyclic amines) is 1. The maximum atomic E-state index is 12.8. The average Bonchev–Trinajstić information content (AvgIpc) is 3.27. The first-order chi connectivity index (χ1) is 16.4. The summed E-state index contributed by atoms with van der Waals surface area (Å²) in [6.45, 7) is 8.46. The molecule has 6 heteroatoms. The van der Waals surface area contributed by atoms with Crippen LogP contribution in [0.25, 0.3) is 6.08 Å². The van der Waals surface area contributed by atoms with Gasteiger partial charge in [0.1, 0.15) is 11.5 Å². The van der Waals surface area contributed by atoms with Crippen LogP contribution in [0.3, 0.4) is 0 Å². The van der Waals surface area contributed by atoms with Crippen LogP contribution >= 0.6 is 0 Å². The first kappa shape index (κ1) is 24.3. The zero-order valence-electron chi connectivity index (χ0n) is 20.5. The summed E-state index contributed by atoms with van der Waals surface area (Å²) >= 11 is 0. The van der Waals surface area contributed by atoms with Crippen LogP contribution in [0.2, 0.25) is 0 Å². The molecule has 1 amide bonds. The summed E-state index contributed by atoms with van der Waals surface area (Å²) in [5.74, 6) is 1.56. The lowest BCUT2D eigenvalue weighted by atomic mass is 9.55. The number of nitrogens with one attached hydrogen (secondary N) is 1. The molecule has 6 nitrogen and oxygen atoms in total. The van der Waals surface area contributed by atoms with Crippen molar-refractivity contribution in [1.82, 2.24) is 10.2 Å². The van der Waals surface area contributed by atoms with Crippen LogP contribution < -0.4 is 10.1 Å². The van der Waals surface area contributed by atoms with Gasteiger partial charge in [-0.05, 0) is 69.0 Å². The Hall–Kier alpha value is -2.83. The van der Waals surface area contributed by atoms with Crippen LogP contribution in [0.15, 0.2) is 59.7 Å². The summed E-state index contributed by atoms with van der Waals surface area (Å²) < 4.78 is 17.3. The van der Waals surface area contributed by atoms with E-state index in [1.165, 1.54) is 5.56 Å². The fourth-order valence-electron chi connectivity index (χ4n) is 5.96. The SMILES string of the molecule is C=CCN1CC[C@@]2(c3cccc(OC)c3)C[C@H](NC(=O)C=Cc3ccoc3C)CC[C@]2(OC)C1. The molecule has 0 radical (unpaired) electrons. The van der Waals surface area contributed by atoms with Crippen LogP contribution in [0, 0.1) is 6.92 Å². The molecule has 1 aromatic heterocycles. The van der Waals surface area contributed by atoms with Gasteiger partial charge in [0.25, 0.3) is 0 Å². The predicted octanol–water partition coefficient (Wildman–Crippen LogP) is 4.49. The lowest BCUT2D eigenvalue weighted by Crippen LogP contribution is -2.67. The zero-order chi connectivity index (χ0) is 24.2. The van der Waals surface area contributed by atoms with Crippen LogP contribution in [0.5, 0.6) is 5.75 Å². The van der Waals surface area contributed by atoms with Crippen molar-refractivity contribution < 1.29 is 18.7 Å². The van der Waals surface area contributed by atoms with Crippen molar-refractivity contribution in [2.45, 2.75) is 49.7 Å². The van der Waals surface area contributed by atoms with Gasteiger partial charge in [-0.1, -0.05) is 18.2 Å². The van der Waals surface area contributed by atoms with Gasteiger partial charge in [-0.25, -0.2) is 0 Å². The minimum Gasteiger partial charge on any atom is -0.497 e. The second kappa shape index (κ2) is 10.2. The van der Waals surface area contributed by atoms with Crippen LogP contribution in [0.4, 0.5) is 0 Å². The molecular weight excluding hydrogens is 428 g/mol. The summed E-state index contributed by atoms with van der Waals surface area (Å²) in [4.78, 5) is 15.2. The second-order valence-electron chi connectivity index (χ2n) is 9.50. The Morgan fingerprint density at radius 2 is 2.18 bits per heavy atom. The van der Waals surface area contributed by atoms with E-state index >= 15 is 0 Å². The van der Waals surface area contributed by atoms with Crippen molar-refractivity contribution in [2.24, 2.45) is 0 Å². The molecule has 1 aliphatic heterocycles. The van der Waals surface area contributed by atoms with Crippen molar-refractivity contribution in [1.29, 1.82) is 0 Å². The number of piperidine rings is 1. The highest BCUT2D eigenvalue weighted by molar-refractivity contribution is 5.92. The highest BCUT2D eigenvalue weighted by Crippen LogP contribution is 2.53. The number of aryl methyl sites for hydroxylation is 1. The highest BCUT2D eigenvalue weighted by Gasteiger charge is 2.58. The number of rotatable bonds is 8. The van der Waals surface area contributed by atoms with Crippen LogP contribution in [-0.2, 0) is 14.9 Å². The van der Waals surface area contributed by atoms with Gasteiger partial charge >= 0.3 is 0 Å². The minimum absolute atomic E-state index is 0.0584. The van der Waals surface area contributed by atoms with E-state index in [0.717, 1.165) is 62.4 Å². The van der Waals surface area contributed by atoms with Crippen molar-refractivity contribution in [2.75, 3.05) is 33.9 Å². The average molecular weight is 465 g/mol. The van der Waals surface area contributed by atoms with E-state index < -0.39 is 0 Å². The molecule has 182 valence electrons. The van der Waals surface area contributed by atoms with Crippen LogP contribution in [0.1, 0.15) is 42.6 Å². The quantitative estimate of drug-likeness (QED) is 0.461. The molecule has 1 N–H and O–H groups in total. The Morgan fingerprint density at radius 1 is 1.32 bits per heavy atom.